The highest BCUT2D eigenvalue weighted by atomic mass is 19.1. The van der Waals surface area contributed by atoms with E-state index < -0.39 is 0 Å². The van der Waals surface area contributed by atoms with E-state index in [4.69, 9.17) is 10.5 Å². The summed E-state index contributed by atoms with van der Waals surface area (Å²) in [6.07, 6.45) is 1.27. The van der Waals surface area contributed by atoms with Crippen molar-refractivity contribution in [1.29, 1.82) is 0 Å². The Kier molecular flexibility index (Phi) is 3.74. The van der Waals surface area contributed by atoms with Gasteiger partial charge in [0.1, 0.15) is 5.82 Å². The second-order valence-corrected chi connectivity index (χ2v) is 3.99. The zero-order valence-electron chi connectivity index (χ0n) is 9.23. The molecule has 1 saturated heterocycles. The maximum absolute atomic E-state index is 12.8. The highest BCUT2D eigenvalue weighted by molar-refractivity contribution is 5.47. The minimum atomic E-state index is -0.195. The summed E-state index contributed by atoms with van der Waals surface area (Å²) in [4.78, 5) is 2.21. The predicted molar refractivity (Wildman–Crippen MR) is 62.0 cm³/mol. The molecule has 1 aliphatic heterocycles. The molecule has 1 fully saturated rings. The molecule has 88 valence electrons. The number of nitrogens with two attached hydrogens (primary N) is 1. The SMILES string of the molecule is NCCO[C@@H]1CCN(c2ccc(F)cc2)C1. The van der Waals surface area contributed by atoms with Gasteiger partial charge in [-0.25, -0.2) is 4.39 Å². The van der Waals surface area contributed by atoms with Gasteiger partial charge in [0.15, 0.2) is 0 Å². The van der Waals surface area contributed by atoms with Gasteiger partial charge in [-0.15, -0.1) is 0 Å². The smallest absolute Gasteiger partial charge is 0.123 e. The summed E-state index contributed by atoms with van der Waals surface area (Å²) in [7, 11) is 0. The molecule has 16 heavy (non-hydrogen) atoms. The van der Waals surface area contributed by atoms with Crippen LogP contribution in [0.4, 0.5) is 10.1 Å². The van der Waals surface area contributed by atoms with Gasteiger partial charge in [-0.2, -0.15) is 0 Å². The van der Waals surface area contributed by atoms with Crippen molar-refractivity contribution < 1.29 is 9.13 Å². The fraction of sp³-hybridized carbons (Fsp3) is 0.500. The molecular weight excluding hydrogens is 207 g/mol. The summed E-state index contributed by atoms with van der Waals surface area (Å²) in [5.74, 6) is -0.195. The topological polar surface area (TPSA) is 38.5 Å². The van der Waals surface area contributed by atoms with Crippen LogP contribution in [0.25, 0.3) is 0 Å². The summed E-state index contributed by atoms with van der Waals surface area (Å²) < 4.78 is 18.3. The summed E-state index contributed by atoms with van der Waals surface area (Å²) in [6.45, 7) is 3.00. The molecule has 0 saturated carbocycles. The second kappa shape index (κ2) is 5.27. The van der Waals surface area contributed by atoms with Crippen LogP contribution < -0.4 is 10.6 Å². The predicted octanol–water partition coefficient (Wildman–Crippen LogP) is 1.38. The van der Waals surface area contributed by atoms with Crippen LogP contribution >= 0.6 is 0 Å². The third kappa shape index (κ3) is 2.71. The fourth-order valence-corrected chi connectivity index (χ4v) is 1.99. The van der Waals surface area contributed by atoms with Crippen molar-refractivity contribution >= 4 is 5.69 Å². The molecule has 0 unspecified atom stereocenters. The van der Waals surface area contributed by atoms with Crippen molar-refractivity contribution in [1.82, 2.24) is 0 Å². The number of ether oxygens (including phenoxy) is 1. The quantitative estimate of drug-likeness (QED) is 0.839. The van der Waals surface area contributed by atoms with Crippen molar-refractivity contribution in [3.05, 3.63) is 30.1 Å². The van der Waals surface area contributed by atoms with Crippen LogP contribution in [0.3, 0.4) is 0 Å². The first kappa shape index (κ1) is 11.4. The summed E-state index contributed by atoms with van der Waals surface area (Å²) in [5.41, 5.74) is 6.44. The number of rotatable bonds is 4. The van der Waals surface area contributed by atoms with E-state index >= 15 is 0 Å². The number of anilines is 1. The van der Waals surface area contributed by atoms with Gasteiger partial charge >= 0.3 is 0 Å². The van der Waals surface area contributed by atoms with E-state index in [1.807, 2.05) is 0 Å². The molecule has 1 aliphatic rings. The van der Waals surface area contributed by atoms with Gasteiger partial charge in [0.25, 0.3) is 0 Å². The van der Waals surface area contributed by atoms with E-state index in [0.717, 1.165) is 25.2 Å². The number of halogens is 1. The maximum Gasteiger partial charge on any atom is 0.123 e. The van der Waals surface area contributed by atoms with Crippen molar-refractivity contribution in [2.75, 3.05) is 31.1 Å². The normalized spacial score (nSPS) is 20.4. The number of benzene rings is 1. The Labute approximate surface area is 95.0 Å². The standard InChI is InChI=1S/C12H17FN2O/c13-10-1-3-11(4-2-10)15-7-5-12(9-15)16-8-6-14/h1-4,12H,5-9,14H2/t12-/m1/s1. The molecule has 0 aliphatic carbocycles. The molecule has 1 atom stereocenters. The summed E-state index contributed by atoms with van der Waals surface area (Å²) in [6, 6.07) is 6.59. The summed E-state index contributed by atoms with van der Waals surface area (Å²) >= 11 is 0. The highest BCUT2D eigenvalue weighted by Crippen LogP contribution is 2.21. The fourth-order valence-electron chi connectivity index (χ4n) is 1.99. The molecular formula is C12H17FN2O. The van der Waals surface area contributed by atoms with Gasteiger partial charge < -0.3 is 15.4 Å². The minimum Gasteiger partial charge on any atom is -0.375 e. The lowest BCUT2D eigenvalue weighted by Crippen LogP contribution is -2.24. The van der Waals surface area contributed by atoms with E-state index in [9.17, 15) is 4.39 Å². The minimum absolute atomic E-state index is 0.195. The summed E-state index contributed by atoms with van der Waals surface area (Å²) in [5, 5.41) is 0. The molecule has 0 bridgehead atoms. The zero-order valence-corrected chi connectivity index (χ0v) is 9.23. The number of nitrogens with zero attached hydrogens (tertiary/aromatic N) is 1. The van der Waals surface area contributed by atoms with Crippen molar-refractivity contribution in [3.63, 3.8) is 0 Å². The van der Waals surface area contributed by atoms with Gasteiger partial charge in [0, 0.05) is 25.3 Å². The van der Waals surface area contributed by atoms with E-state index in [-0.39, 0.29) is 11.9 Å². The zero-order chi connectivity index (χ0) is 11.4. The first-order valence-electron chi connectivity index (χ1n) is 5.62. The molecule has 0 radical (unpaired) electrons. The first-order valence-corrected chi connectivity index (χ1v) is 5.62. The van der Waals surface area contributed by atoms with Crippen LogP contribution in [0.5, 0.6) is 0 Å². The maximum atomic E-state index is 12.8. The lowest BCUT2D eigenvalue weighted by molar-refractivity contribution is 0.0742. The van der Waals surface area contributed by atoms with E-state index in [1.54, 1.807) is 12.1 Å². The Morgan fingerprint density at radius 2 is 2.12 bits per heavy atom. The molecule has 3 nitrogen and oxygen atoms in total. The Morgan fingerprint density at radius 3 is 2.81 bits per heavy atom. The van der Waals surface area contributed by atoms with Crippen LogP contribution in [-0.2, 0) is 4.74 Å². The Morgan fingerprint density at radius 1 is 1.38 bits per heavy atom. The largest absolute Gasteiger partial charge is 0.375 e. The molecule has 0 aromatic heterocycles. The van der Waals surface area contributed by atoms with Crippen LogP contribution in [0.15, 0.2) is 24.3 Å². The first-order chi connectivity index (χ1) is 7.79. The van der Waals surface area contributed by atoms with Crippen LogP contribution in [0, 0.1) is 5.82 Å². The van der Waals surface area contributed by atoms with E-state index in [1.165, 1.54) is 12.1 Å². The van der Waals surface area contributed by atoms with E-state index in [2.05, 4.69) is 4.90 Å². The Bertz CT molecular complexity index is 328. The molecule has 1 aromatic rings. The van der Waals surface area contributed by atoms with Gasteiger partial charge in [-0.3, -0.25) is 0 Å². The number of hydrogen-bond donors (Lipinski definition) is 1. The lowest BCUT2D eigenvalue weighted by Gasteiger charge is -2.18. The van der Waals surface area contributed by atoms with Crippen molar-refractivity contribution in [2.24, 2.45) is 5.73 Å². The Hall–Kier alpha value is -1.13. The van der Waals surface area contributed by atoms with Crippen molar-refractivity contribution in [3.8, 4) is 0 Å². The van der Waals surface area contributed by atoms with Crippen LogP contribution in [0.1, 0.15) is 6.42 Å². The van der Waals surface area contributed by atoms with Gasteiger partial charge in [0.2, 0.25) is 0 Å². The van der Waals surface area contributed by atoms with Crippen molar-refractivity contribution in [2.45, 2.75) is 12.5 Å². The molecule has 0 amide bonds. The second-order valence-electron chi connectivity index (χ2n) is 3.99. The third-order valence-corrected chi connectivity index (χ3v) is 2.81. The van der Waals surface area contributed by atoms with Crippen LogP contribution in [-0.4, -0.2) is 32.3 Å². The average Bonchev–Trinajstić information content (AvgIpc) is 2.76. The molecule has 4 heteroatoms. The van der Waals surface area contributed by atoms with Gasteiger partial charge in [-0.05, 0) is 30.7 Å². The molecule has 1 aromatic carbocycles. The lowest BCUT2D eigenvalue weighted by atomic mass is 10.3. The van der Waals surface area contributed by atoms with Crippen LogP contribution in [0.2, 0.25) is 0 Å². The van der Waals surface area contributed by atoms with Gasteiger partial charge in [0.05, 0.1) is 12.7 Å². The monoisotopic (exact) mass is 224 g/mol. The molecule has 1 heterocycles. The molecule has 2 rings (SSSR count). The average molecular weight is 224 g/mol. The third-order valence-electron chi connectivity index (χ3n) is 2.81. The Balaban J connectivity index is 1.90. The highest BCUT2D eigenvalue weighted by Gasteiger charge is 2.22. The molecule has 0 spiro atoms. The molecule has 2 N–H and O–H groups in total. The number of hydrogen-bond acceptors (Lipinski definition) is 3. The van der Waals surface area contributed by atoms with Gasteiger partial charge in [-0.1, -0.05) is 0 Å². The van der Waals surface area contributed by atoms with E-state index in [0.29, 0.717) is 13.2 Å².